The minimum absolute atomic E-state index is 0.0102. The highest BCUT2D eigenvalue weighted by Gasteiger charge is 2.20. The van der Waals surface area contributed by atoms with Gasteiger partial charge in [0, 0.05) is 37.8 Å². The van der Waals surface area contributed by atoms with Gasteiger partial charge in [-0.1, -0.05) is 6.07 Å². The minimum atomic E-state index is -0.273. The first-order valence-corrected chi connectivity index (χ1v) is 7.87. The lowest BCUT2D eigenvalue weighted by molar-refractivity contribution is -0.131. The van der Waals surface area contributed by atoms with E-state index >= 15 is 0 Å². The van der Waals surface area contributed by atoms with Crippen LogP contribution in [0.4, 0.5) is 0 Å². The fourth-order valence-electron chi connectivity index (χ4n) is 2.14. The highest BCUT2D eigenvalue weighted by atomic mass is 32.1. The zero-order chi connectivity index (χ0) is 15.9. The zero-order valence-corrected chi connectivity index (χ0v) is 13.5. The number of hydrogen-bond donors (Lipinski definition) is 1. The van der Waals surface area contributed by atoms with Crippen molar-refractivity contribution in [3.05, 3.63) is 52.5 Å². The van der Waals surface area contributed by atoms with Gasteiger partial charge in [0.2, 0.25) is 11.8 Å². The lowest BCUT2D eigenvalue weighted by atomic mass is 10.1. The van der Waals surface area contributed by atoms with E-state index < -0.39 is 0 Å². The monoisotopic (exact) mass is 317 g/mol. The first kappa shape index (κ1) is 16.2. The lowest BCUT2D eigenvalue weighted by Crippen LogP contribution is -2.33. The highest BCUT2D eigenvalue weighted by Crippen LogP contribution is 2.23. The van der Waals surface area contributed by atoms with Crippen molar-refractivity contribution in [1.82, 2.24) is 15.2 Å². The van der Waals surface area contributed by atoms with Gasteiger partial charge in [0.1, 0.15) is 0 Å². The van der Waals surface area contributed by atoms with Crippen molar-refractivity contribution in [2.75, 3.05) is 7.05 Å². The third kappa shape index (κ3) is 4.66. The summed E-state index contributed by atoms with van der Waals surface area (Å²) in [5.41, 5.74) is 1.03. The van der Waals surface area contributed by atoms with E-state index in [9.17, 15) is 9.59 Å². The molecule has 0 radical (unpaired) electrons. The summed E-state index contributed by atoms with van der Waals surface area (Å²) in [6.45, 7) is 1.99. The Morgan fingerprint density at radius 2 is 2.05 bits per heavy atom. The van der Waals surface area contributed by atoms with Crippen molar-refractivity contribution in [2.45, 2.75) is 25.9 Å². The van der Waals surface area contributed by atoms with Crippen molar-refractivity contribution in [3.63, 3.8) is 0 Å². The number of thiophene rings is 1. The lowest BCUT2D eigenvalue weighted by Gasteiger charge is -2.21. The van der Waals surface area contributed by atoms with Crippen LogP contribution >= 0.6 is 11.3 Å². The van der Waals surface area contributed by atoms with Crippen LogP contribution in [0.15, 0.2) is 42.0 Å². The Labute approximate surface area is 134 Å². The normalized spacial score (nSPS) is 11.7. The van der Waals surface area contributed by atoms with Gasteiger partial charge in [-0.25, -0.2) is 0 Å². The van der Waals surface area contributed by atoms with Gasteiger partial charge in [0.05, 0.1) is 12.5 Å². The molecule has 0 aliphatic heterocycles. The van der Waals surface area contributed by atoms with Gasteiger partial charge in [-0.3, -0.25) is 14.6 Å². The highest BCUT2D eigenvalue weighted by molar-refractivity contribution is 7.10. The number of amides is 2. The van der Waals surface area contributed by atoms with Crippen molar-refractivity contribution < 1.29 is 9.59 Å². The van der Waals surface area contributed by atoms with Crippen LogP contribution < -0.4 is 5.32 Å². The summed E-state index contributed by atoms with van der Waals surface area (Å²) in [6, 6.07) is 7.34. The second kappa shape index (κ2) is 7.70. The summed E-state index contributed by atoms with van der Waals surface area (Å²) in [5, 5.41) is 4.79. The molecule has 0 bridgehead atoms. The molecule has 1 N–H and O–H groups in total. The molecule has 0 aliphatic rings. The Bertz CT molecular complexity index is 614. The Balaban J connectivity index is 1.99. The number of nitrogens with one attached hydrogen (secondary N) is 1. The van der Waals surface area contributed by atoms with Gasteiger partial charge in [-0.05, 0) is 29.1 Å². The van der Waals surface area contributed by atoms with E-state index in [1.165, 1.54) is 18.3 Å². The number of carbonyl (C=O) groups is 2. The Kier molecular flexibility index (Phi) is 5.66. The number of hydrogen-bond acceptors (Lipinski definition) is 4. The molecule has 2 rings (SSSR count). The van der Waals surface area contributed by atoms with Gasteiger partial charge in [0.25, 0.3) is 0 Å². The van der Waals surface area contributed by atoms with Crippen LogP contribution in [-0.2, 0) is 16.1 Å². The standard InChI is InChI=1S/C16H19N3O2S/c1-12(20)18-14(15-4-3-9-22-15)10-16(21)19(2)11-13-5-7-17-8-6-13/h3-9,14H,10-11H2,1-2H3,(H,18,20)/t14-/m0/s1. The summed E-state index contributed by atoms with van der Waals surface area (Å²) in [4.78, 5) is 30.4. The molecule has 2 aromatic heterocycles. The molecule has 22 heavy (non-hydrogen) atoms. The molecular formula is C16H19N3O2S. The summed E-state index contributed by atoms with van der Waals surface area (Å²) in [5.74, 6) is -0.146. The van der Waals surface area contributed by atoms with Crippen LogP contribution in [-0.4, -0.2) is 28.7 Å². The Hall–Kier alpha value is -2.21. The second-order valence-electron chi connectivity index (χ2n) is 5.08. The first-order chi connectivity index (χ1) is 10.6. The fraction of sp³-hybridized carbons (Fsp3) is 0.312. The summed E-state index contributed by atoms with van der Waals surface area (Å²) >= 11 is 1.54. The molecule has 0 unspecified atom stereocenters. The van der Waals surface area contributed by atoms with E-state index in [4.69, 9.17) is 0 Å². The van der Waals surface area contributed by atoms with E-state index in [1.54, 1.807) is 24.3 Å². The maximum Gasteiger partial charge on any atom is 0.225 e. The van der Waals surface area contributed by atoms with Crippen LogP contribution in [0.25, 0.3) is 0 Å². The van der Waals surface area contributed by atoms with Crippen LogP contribution in [0.2, 0.25) is 0 Å². The van der Waals surface area contributed by atoms with Crippen molar-refractivity contribution in [2.24, 2.45) is 0 Å². The summed E-state index contributed by atoms with van der Waals surface area (Å²) in [7, 11) is 1.77. The predicted octanol–water partition coefficient (Wildman–Crippen LogP) is 2.37. The molecule has 0 fully saturated rings. The van der Waals surface area contributed by atoms with E-state index in [-0.39, 0.29) is 24.3 Å². The molecule has 6 heteroatoms. The summed E-state index contributed by atoms with van der Waals surface area (Å²) < 4.78 is 0. The van der Waals surface area contributed by atoms with E-state index in [2.05, 4.69) is 10.3 Å². The van der Waals surface area contributed by atoms with Crippen LogP contribution in [0.1, 0.15) is 29.8 Å². The quantitative estimate of drug-likeness (QED) is 0.889. The zero-order valence-electron chi connectivity index (χ0n) is 12.7. The van der Waals surface area contributed by atoms with Crippen molar-refractivity contribution >= 4 is 23.2 Å². The molecule has 5 nitrogen and oxygen atoms in total. The minimum Gasteiger partial charge on any atom is -0.348 e. The van der Waals surface area contributed by atoms with Gasteiger partial charge in [-0.2, -0.15) is 0 Å². The average Bonchev–Trinajstić information content (AvgIpc) is 3.01. The number of carbonyl (C=O) groups excluding carboxylic acids is 2. The van der Waals surface area contributed by atoms with E-state index in [0.717, 1.165) is 10.4 Å². The number of nitrogens with zero attached hydrogens (tertiary/aromatic N) is 2. The molecule has 0 saturated carbocycles. The van der Waals surface area contributed by atoms with Crippen LogP contribution in [0, 0.1) is 0 Å². The molecule has 0 saturated heterocycles. The summed E-state index contributed by atoms with van der Waals surface area (Å²) in [6.07, 6.45) is 3.67. The molecule has 0 aromatic carbocycles. The Morgan fingerprint density at radius 1 is 1.32 bits per heavy atom. The largest absolute Gasteiger partial charge is 0.348 e. The molecular weight excluding hydrogens is 298 g/mol. The van der Waals surface area contributed by atoms with Crippen molar-refractivity contribution in [1.29, 1.82) is 0 Å². The van der Waals surface area contributed by atoms with Crippen molar-refractivity contribution in [3.8, 4) is 0 Å². The molecule has 0 aliphatic carbocycles. The molecule has 0 spiro atoms. The van der Waals surface area contributed by atoms with E-state index in [1.807, 2.05) is 29.6 Å². The third-order valence-corrected chi connectivity index (χ3v) is 4.22. The fourth-order valence-corrected chi connectivity index (χ4v) is 2.92. The predicted molar refractivity (Wildman–Crippen MR) is 86.2 cm³/mol. The van der Waals surface area contributed by atoms with E-state index in [0.29, 0.717) is 6.54 Å². The van der Waals surface area contributed by atoms with Crippen LogP contribution in [0.3, 0.4) is 0 Å². The van der Waals surface area contributed by atoms with Gasteiger partial charge < -0.3 is 10.2 Å². The third-order valence-electron chi connectivity index (χ3n) is 3.24. The number of rotatable bonds is 6. The van der Waals surface area contributed by atoms with Crippen LogP contribution in [0.5, 0.6) is 0 Å². The maximum atomic E-state index is 12.4. The van der Waals surface area contributed by atoms with Gasteiger partial charge >= 0.3 is 0 Å². The topological polar surface area (TPSA) is 62.3 Å². The Morgan fingerprint density at radius 3 is 2.64 bits per heavy atom. The number of pyridine rings is 1. The van der Waals surface area contributed by atoms with Gasteiger partial charge in [0.15, 0.2) is 0 Å². The number of aromatic nitrogens is 1. The van der Waals surface area contributed by atoms with Gasteiger partial charge in [-0.15, -0.1) is 11.3 Å². The average molecular weight is 317 g/mol. The molecule has 2 aromatic rings. The molecule has 2 heterocycles. The second-order valence-corrected chi connectivity index (χ2v) is 6.06. The molecule has 2 amide bonds. The smallest absolute Gasteiger partial charge is 0.225 e. The maximum absolute atomic E-state index is 12.4. The molecule has 1 atom stereocenters. The first-order valence-electron chi connectivity index (χ1n) is 6.99. The molecule has 116 valence electrons. The SMILES string of the molecule is CC(=O)N[C@@H](CC(=O)N(C)Cc1ccncc1)c1cccs1.